The summed E-state index contributed by atoms with van der Waals surface area (Å²) in [5, 5.41) is 7.78. The highest BCUT2D eigenvalue weighted by Gasteiger charge is 2.14. The maximum atomic E-state index is 13.2. The maximum absolute atomic E-state index is 13.2. The van der Waals surface area contributed by atoms with E-state index in [2.05, 4.69) is 17.3 Å². The first-order valence-electron chi connectivity index (χ1n) is 7.07. The quantitative estimate of drug-likeness (QED) is 0.877. The number of hydrogen-bond donors (Lipinski definition) is 1. The van der Waals surface area contributed by atoms with Crippen LogP contribution in [0, 0.1) is 12.7 Å². The Kier molecular flexibility index (Phi) is 4.90. The Morgan fingerprint density at radius 3 is 2.80 bits per heavy atom. The van der Waals surface area contributed by atoms with Gasteiger partial charge in [0, 0.05) is 24.8 Å². The first-order chi connectivity index (χ1) is 9.60. The van der Waals surface area contributed by atoms with Gasteiger partial charge in [0.25, 0.3) is 0 Å². The first-order valence-corrected chi connectivity index (χ1v) is 7.07. The summed E-state index contributed by atoms with van der Waals surface area (Å²) in [4.78, 5) is 0. The van der Waals surface area contributed by atoms with Crippen LogP contribution in [0.15, 0.2) is 30.6 Å². The SMILES string of the molecule is CCCNC(Cc1ccc(F)cc1C)c1cnn(C)c1. The van der Waals surface area contributed by atoms with Gasteiger partial charge in [-0.15, -0.1) is 0 Å². The van der Waals surface area contributed by atoms with E-state index >= 15 is 0 Å². The zero-order valence-corrected chi connectivity index (χ0v) is 12.4. The molecule has 0 saturated carbocycles. The lowest BCUT2D eigenvalue weighted by molar-refractivity contribution is 0.527. The van der Waals surface area contributed by atoms with Gasteiger partial charge in [-0.05, 0) is 49.6 Å². The molecule has 3 nitrogen and oxygen atoms in total. The van der Waals surface area contributed by atoms with E-state index in [0.29, 0.717) is 0 Å². The number of nitrogens with one attached hydrogen (secondary N) is 1. The van der Waals surface area contributed by atoms with Crippen molar-refractivity contribution >= 4 is 0 Å². The molecule has 1 N–H and O–H groups in total. The van der Waals surface area contributed by atoms with Crippen LogP contribution in [-0.2, 0) is 13.5 Å². The molecule has 0 radical (unpaired) electrons. The summed E-state index contributed by atoms with van der Waals surface area (Å²) in [5.41, 5.74) is 3.34. The first kappa shape index (κ1) is 14.7. The molecule has 2 rings (SSSR count). The molecule has 2 aromatic rings. The van der Waals surface area contributed by atoms with Gasteiger partial charge < -0.3 is 5.32 Å². The predicted octanol–water partition coefficient (Wildman–Crippen LogP) is 3.15. The van der Waals surface area contributed by atoms with Crippen molar-refractivity contribution in [1.29, 1.82) is 0 Å². The molecule has 0 saturated heterocycles. The Labute approximate surface area is 119 Å². The van der Waals surface area contributed by atoms with Crippen LogP contribution in [-0.4, -0.2) is 16.3 Å². The molecule has 20 heavy (non-hydrogen) atoms. The third-order valence-corrected chi connectivity index (χ3v) is 3.50. The van der Waals surface area contributed by atoms with Crippen molar-refractivity contribution < 1.29 is 4.39 Å². The standard InChI is InChI=1S/C16H22FN3/c1-4-7-18-16(14-10-19-20(3)11-14)9-13-5-6-15(17)8-12(13)2/h5-6,8,10-11,16,18H,4,7,9H2,1-3H3. The average molecular weight is 275 g/mol. The summed E-state index contributed by atoms with van der Waals surface area (Å²) < 4.78 is 15.0. The number of hydrogen-bond acceptors (Lipinski definition) is 2. The minimum atomic E-state index is -0.175. The molecule has 108 valence electrons. The van der Waals surface area contributed by atoms with Crippen LogP contribution in [0.25, 0.3) is 0 Å². The minimum Gasteiger partial charge on any atom is -0.310 e. The minimum absolute atomic E-state index is 0.175. The van der Waals surface area contributed by atoms with Crippen molar-refractivity contribution in [2.45, 2.75) is 32.7 Å². The topological polar surface area (TPSA) is 29.9 Å². The van der Waals surface area contributed by atoms with Crippen LogP contribution in [0.3, 0.4) is 0 Å². The fourth-order valence-corrected chi connectivity index (χ4v) is 2.35. The summed E-state index contributed by atoms with van der Waals surface area (Å²) in [5.74, 6) is -0.175. The number of halogens is 1. The van der Waals surface area contributed by atoms with E-state index < -0.39 is 0 Å². The monoisotopic (exact) mass is 275 g/mol. The molecular weight excluding hydrogens is 253 g/mol. The average Bonchev–Trinajstić information content (AvgIpc) is 2.83. The highest BCUT2D eigenvalue weighted by molar-refractivity contribution is 5.29. The van der Waals surface area contributed by atoms with Gasteiger partial charge in [-0.25, -0.2) is 4.39 Å². The second-order valence-electron chi connectivity index (χ2n) is 5.23. The van der Waals surface area contributed by atoms with E-state index in [9.17, 15) is 4.39 Å². The largest absolute Gasteiger partial charge is 0.310 e. The Hall–Kier alpha value is -1.68. The maximum Gasteiger partial charge on any atom is 0.123 e. The van der Waals surface area contributed by atoms with Gasteiger partial charge in [0.2, 0.25) is 0 Å². The molecule has 0 aliphatic rings. The molecular formula is C16H22FN3. The predicted molar refractivity (Wildman–Crippen MR) is 79.1 cm³/mol. The summed E-state index contributed by atoms with van der Waals surface area (Å²) in [7, 11) is 1.92. The molecule has 1 aromatic carbocycles. The summed E-state index contributed by atoms with van der Waals surface area (Å²) in [6.07, 6.45) is 5.86. The second-order valence-corrected chi connectivity index (χ2v) is 5.23. The van der Waals surface area contributed by atoms with Crippen molar-refractivity contribution in [3.05, 3.63) is 53.1 Å². The highest BCUT2D eigenvalue weighted by atomic mass is 19.1. The van der Waals surface area contributed by atoms with Crippen LogP contribution in [0.4, 0.5) is 4.39 Å². The molecule has 0 bridgehead atoms. The summed E-state index contributed by atoms with van der Waals surface area (Å²) >= 11 is 0. The Morgan fingerprint density at radius 2 is 2.20 bits per heavy atom. The Bertz CT molecular complexity index is 563. The Balaban J connectivity index is 2.18. The molecule has 1 atom stereocenters. The van der Waals surface area contributed by atoms with Crippen LogP contribution in [0.5, 0.6) is 0 Å². The van der Waals surface area contributed by atoms with Crippen LogP contribution < -0.4 is 5.32 Å². The van der Waals surface area contributed by atoms with Crippen molar-refractivity contribution in [3.63, 3.8) is 0 Å². The number of benzene rings is 1. The molecule has 4 heteroatoms. The lowest BCUT2D eigenvalue weighted by Gasteiger charge is -2.18. The van der Waals surface area contributed by atoms with Gasteiger partial charge in [0.15, 0.2) is 0 Å². The van der Waals surface area contributed by atoms with E-state index in [1.165, 1.54) is 17.2 Å². The van der Waals surface area contributed by atoms with Crippen molar-refractivity contribution in [1.82, 2.24) is 15.1 Å². The lowest BCUT2D eigenvalue weighted by Crippen LogP contribution is -2.24. The van der Waals surface area contributed by atoms with Crippen molar-refractivity contribution in [2.24, 2.45) is 7.05 Å². The zero-order valence-electron chi connectivity index (χ0n) is 12.4. The van der Waals surface area contributed by atoms with Crippen LogP contribution >= 0.6 is 0 Å². The molecule has 0 amide bonds. The molecule has 0 aliphatic carbocycles. The van der Waals surface area contributed by atoms with Gasteiger partial charge in [0.1, 0.15) is 5.82 Å². The van der Waals surface area contributed by atoms with Gasteiger partial charge in [-0.2, -0.15) is 5.10 Å². The van der Waals surface area contributed by atoms with Crippen LogP contribution in [0.2, 0.25) is 0 Å². The van der Waals surface area contributed by atoms with Gasteiger partial charge in [0.05, 0.1) is 6.20 Å². The van der Waals surface area contributed by atoms with Crippen LogP contribution in [0.1, 0.15) is 36.1 Å². The van der Waals surface area contributed by atoms with E-state index in [0.717, 1.165) is 24.9 Å². The van der Waals surface area contributed by atoms with E-state index in [1.54, 1.807) is 6.07 Å². The van der Waals surface area contributed by atoms with E-state index in [1.807, 2.05) is 37.1 Å². The van der Waals surface area contributed by atoms with Gasteiger partial charge in [-0.1, -0.05) is 13.0 Å². The fraction of sp³-hybridized carbons (Fsp3) is 0.438. The zero-order chi connectivity index (χ0) is 14.5. The van der Waals surface area contributed by atoms with Gasteiger partial charge in [-0.3, -0.25) is 4.68 Å². The smallest absolute Gasteiger partial charge is 0.123 e. The molecule has 1 aromatic heterocycles. The highest BCUT2D eigenvalue weighted by Crippen LogP contribution is 2.21. The molecule has 0 fully saturated rings. The lowest BCUT2D eigenvalue weighted by atomic mass is 9.97. The van der Waals surface area contributed by atoms with Gasteiger partial charge >= 0.3 is 0 Å². The van der Waals surface area contributed by atoms with E-state index in [-0.39, 0.29) is 11.9 Å². The second kappa shape index (κ2) is 6.66. The Morgan fingerprint density at radius 1 is 1.40 bits per heavy atom. The molecule has 0 spiro atoms. The molecule has 1 heterocycles. The fourth-order valence-electron chi connectivity index (χ4n) is 2.35. The summed E-state index contributed by atoms with van der Waals surface area (Å²) in [6, 6.07) is 5.22. The third-order valence-electron chi connectivity index (χ3n) is 3.50. The van der Waals surface area contributed by atoms with Crippen molar-refractivity contribution in [2.75, 3.05) is 6.54 Å². The number of aryl methyl sites for hydroxylation is 2. The number of aromatic nitrogens is 2. The number of nitrogens with zero attached hydrogens (tertiary/aromatic N) is 2. The normalized spacial score (nSPS) is 12.6. The third kappa shape index (κ3) is 3.67. The van der Waals surface area contributed by atoms with E-state index in [4.69, 9.17) is 0 Å². The van der Waals surface area contributed by atoms with Crippen molar-refractivity contribution in [3.8, 4) is 0 Å². The summed E-state index contributed by atoms with van der Waals surface area (Å²) in [6.45, 7) is 5.06. The number of rotatable bonds is 6. The molecule has 0 aliphatic heterocycles. The molecule has 1 unspecified atom stereocenters.